The minimum Gasteiger partial charge on any atom is -0.264 e. The first kappa shape index (κ1) is 3.61. The van der Waals surface area contributed by atoms with E-state index in [4.69, 9.17) is 1.37 Å². The molecule has 1 aromatic heterocycles. The van der Waals surface area contributed by atoms with Crippen molar-refractivity contribution < 1.29 is 1.37 Å². The molecule has 0 N–H and O–H groups in total. The van der Waals surface area contributed by atoms with E-state index in [0.29, 0.717) is 0 Å². The normalized spacial score (nSPS) is 10.7. The SMILES string of the molecule is [2H]c1ncccc1Br. The Kier molecular flexibility index (Phi) is 1.07. The van der Waals surface area contributed by atoms with Gasteiger partial charge in [-0.15, -0.1) is 0 Å². The quantitative estimate of drug-likeness (QED) is 0.562. The van der Waals surface area contributed by atoms with E-state index in [1.165, 1.54) is 0 Å². The largest absolute Gasteiger partial charge is 0.264 e. The van der Waals surface area contributed by atoms with Gasteiger partial charge in [0.25, 0.3) is 0 Å². The van der Waals surface area contributed by atoms with Gasteiger partial charge in [-0.25, -0.2) is 0 Å². The van der Waals surface area contributed by atoms with Crippen molar-refractivity contribution in [3.63, 3.8) is 0 Å². The average Bonchev–Trinajstić information content (AvgIpc) is 1.77. The van der Waals surface area contributed by atoms with Crippen LogP contribution in [0.1, 0.15) is 1.37 Å². The summed E-state index contributed by atoms with van der Waals surface area (Å²) in [7, 11) is 0. The van der Waals surface area contributed by atoms with Gasteiger partial charge in [0.2, 0.25) is 0 Å². The highest BCUT2D eigenvalue weighted by atomic mass is 79.9. The van der Waals surface area contributed by atoms with E-state index in [1.54, 1.807) is 18.3 Å². The van der Waals surface area contributed by atoms with E-state index in [-0.39, 0.29) is 6.17 Å². The molecule has 0 aromatic carbocycles. The zero-order valence-electron chi connectivity index (χ0n) is 4.56. The molecule has 0 amide bonds. The zero-order valence-corrected chi connectivity index (χ0v) is 5.14. The Bertz CT molecular complexity index is 169. The van der Waals surface area contributed by atoms with Gasteiger partial charge in [0.1, 0.15) is 0 Å². The van der Waals surface area contributed by atoms with Crippen molar-refractivity contribution in [3.8, 4) is 0 Å². The predicted octanol–water partition coefficient (Wildman–Crippen LogP) is 1.84. The fourth-order valence-corrected chi connectivity index (χ4v) is 0.562. The highest BCUT2D eigenvalue weighted by molar-refractivity contribution is 9.10. The van der Waals surface area contributed by atoms with Crippen LogP contribution in [0, 0.1) is 0 Å². The highest BCUT2D eigenvalue weighted by Gasteiger charge is 1.75. The molecule has 1 aromatic rings. The lowest BCUT2D eigenvalue weighted by atomic mass is 10.5. The van der Waals surface area contributed by atoms with Crippen molar-refractivity contribution in [2.24, 2.45) is 0 Å². The molecule has 0 spiro atoms. The molecular weight excluding hydrogens is 154 g/mol. The van der Waals surface area contributed by atoms with E-state index >= 15 is 0 Å². The van der Waals surface area contributed by atoms with Crippen molar-refractivity contribution in [2.45, 2.75) is 0 Å². The molecule has 0 fully saturated rings. The molecular formula is C5H4BrN. The molecule has 0 saturated carbocycles. The zero-order chi connectivity index (χ0) is 5.98. The van der Waals surface area contributed by atoms with E-state index < -0.39 is 0 Å². The van der Waals surface area contributed by atoms with Gasteiger partial charge in [0.05, 0.1) is 1.37 Å². The van der Waals surface area contributed by atoms with E-state index in [9.17, 15) is 0 Å². The Morgan fingerprint density at radius 3 is 3.14 bits per heavy atom. The molecule has 0 unspecified atom stereocenters. The van der Waals surface area contributed by atoms with Gasteiger partial charge in [-0.05, 0) is 28.1 Å². The van der Waals surface area contributed by atoms with Gasteiger partial charge in [-0.1, -0.05) is 0 Å². The summed E-state index contributed by atoms with van der Waals surface area (Å²) < 4.78 is 7.80. The third kappa shape index (κ3) is 1.27. The number of rotatable bonds is 0. The first-order valence-corrected chi connectivity index (χ1v) is 2.67. The fraction of sp³-hybridized carbons (Fsp3) is 0. The van der Waals surface area contributed by atoms with Crippen LogP contribution in [0.4, 0.5) is 0 Å². The van der Waals surface area contributed by atoms with Crippen LogP contribution in [-0.2, 0) is 0 Å². The van der Waals surface area contributed by atoms with Crippen LogP contribution in [0.3, 0.4) is 0 Å². The van der Waals surface area contributed by atoms with Gasteiger partial charge < -0.3 is 0 Å². The van der Waals surface area contributed by atoms with Crippen molar-refractivity contribution in [3.05, 3.63) is 29.0 Å². The van der Waals surface area contributed by atoms with E-state index in [0.717, 1.165) is 4.47 Å². The molecule has 2 heteroatoms. The molecule has 1 nitrogen and oxygen atoms in total. The minimum atomic E-state index is 0.285. The molecule has 1 rings (SSSR count). The monoisotopic (exact) mass is 158 g/mol. The van der Waals surface area contributed by atoms with Crippen molar-refractivity contribution in [1.29, 1.82) is 0 Å². The summed E-state index contributed by atoms with van der Waals surface area (Å²) in [5.41, 5.74) is 0. The van der Waals surface area contributed by atoms with Crippen LogP contribution >= 0.6 is 15.9 Å². The van der Waals surface area contributed by atoms with Crippen LogP contribution in [0.2, 0.25) is 0 Å². The standard InChI is InChI=1S/C5H4BrN/c6-5-2-1-3-7-4-5/h1-4H/i4D. The molecule has 0 radical (unpaired) electrons. The summed E-state index contributed by atoms with van der Waals surface area (Å²) in [5, 5.41) is 0. The topological polar surface area (TPSA) is 12.9 Å². The number of halogens is 1. The predicted molar refractivity (Wildman–Crippen MR) is 31.9 cm³/mol. The average molecular weight is 159 g/mol. The van der Waals surface area contributed by atoms with Crippen LogP contribution in [0.15, 0.2) is 29.0 Å². The number of hydrogen-bond acceptors (Lipinski definition) is 1. The van der Waals surface area contributed by atoms with Crippen LogP contribution < -0.4 is 0 Å². The third-order valence-electron chi connectivity index (χ3n) is 0.575. The Balaban J connectivity index is 3.13. The maximum absolute atomic E-state index is 7.06. The maximum atomic E-state index is 7.06. The molecule has 0 aliphatic heterocycles. The van der Waals surface area contributed by atoms with E-state index in [2.05, 4.69) is 20.9 Å². The van der Waals surface area contributed by atoms with Gasteiger partial charge >= 0.3 is 0 Å². The summed E-state index contributed by atoms with van der Waals surface area (Å²) in [6.45, 7) is 0. The van der Waals surface area contributed by atoms with Gasteiger partial charge in [0, 0.05) is 16.8 Å². The number of pyridine rings is 1. The number of aromatic nitrogens is 1. The summed E-state index contributed by atoms with van der Waals surface area (Å²) in [4.78, 5) is 3.70. The highest BCUT2D eigenvalue weighted by Crippen LogP contribution is 2.02. The van der Waals surface area contributed by atoms with Crippen LogP contribution in [0.5, 0.6) is 0 Å². The van der Waals surface area contributed by atoms with Crippen LogP contribution in [-0.4, -0.2) is 4.98 Å². The van der Waals surface area contributed by atoms with E-state index in [1.807, 2.05) is 0 Å². The molecule has 0 bridgehead atoms. The molecule has 0 atom stereocenters. The number of hydrogen-bond donors (Lipinski definition) is 0. The summed E-state index contributed by atoms with van der Waals surface area (Å²) in [5.74, 6) is 0. The van der Waals surface area contributed by atoms with Crippen molar-refractivity contribution in [1.82, 2.24) is 4.98 Å². The number of nitrogens with zero attached hydrogens (tertiary/aromatic N) is 1. The fourth-order valence-electron chi connectivity index (χ4n) is 0.307. The Labute approximate surface area is 51.9 Å². The summed E-state index contributed by atoms with van der Waals surface area (Å²) in [6, 6.07) is 3.57. The molecule has 0 aliphatic carbocycles. The van der Waals surface area contributed by atoms with Crippen molar-refractivity contribution >= 4 is 15.9 Å². The second-order valence-corrected chi connectivity index (χ2v) is 1.95. The lowest BCUT2D eigenvalue weighted by Crippen LogP contribution is -1.64. The summed E-state index contributed by atoms with van der Waals surface area (Å²) >= 11 is 3.15. The molecule has 1 heterocycles. The Morgan fingerprint density at radius 1 is 1.86 bits per heavy atom. The second kappa shape index (κ2) is 2.07. The Hall–Kier alpha value is -0.370. The Morgan fingerprint density at radius 2 is 2.71 bits per heavy atom. The van der Waals surface area contributed by atoms with Gasteiger partial charge in [-0.2, -0.15) is 0 Å². The smallest absolute Gasteiger partial charge is 0.0852 e. The van der Waals surface area contributed by atoms with Crippen LogP contribution in [0.25, 0.3) is 0 Å². The third-order valence-corrected chi connectivity index (χ3v) is 1.02. The van der Waals surface area contributed by atoms with Gasteiger partial charge in [0.15, 0.2) is 0 Å². The van der Waals surface area contributed by atoms with Crippen molar-refractivity contribution in [2.75, 3.05) is 0 Å². The minimum absolute atomic E-state index is 0.285. The second-order valence-electron chi connectivity index (χ2n) is 1.10. The van der Waals surface area contributed by atoms with Gasteiger partial charge in [-0.3, -0.25) is 4.98 Å². The lowest BCUT2D eigenvalue weighted by Gasteiger charge is -1.80. The summed E-state index contributed by atoms with van der Waals surface area (Å²) in [6.07, 6.45) is 1.88. The maximum Gasteiger partial charge on any atom is 0.0852 e. The first-order valence-electron chi connectivity index (χ1n) is 2.38. The lowest BCUT2D eigenvalue weighted by molar-refractivity contribution is 1.31. The molecule has 0 saturated heterocycles. The molecule has 0 aliphatic rings. The molecule has 36 valence electrons. The molecule has 7 heavy (non-hydrogen) atoms. The first-order chi connectivity index (χ1) is 3.80.